The molecule has 1 heterocycles. The Morgan fingerprint density at radius 3 is 2.50 bits per heavy atom. The number of aliphatic carboxylic acids is 1. The van der Waals surface area contributed by atoms with Crippen LogP contribution in [0.3, 0.4) is 0 Å². The average Bonchev–Trinajstić information content (AvgIpc) is 2.75. The highest BCUT2D eigenvalue weighted by Gasteiger charge is 2.35. The van der Waals surface area contributed by atoms with Gasteiger partial charge in [-0.25, -0.2) is 0 Å². The van der Waals surface area contributed by atoms with Crippen LogP contribution >= 0.6 is 11.3 Å². The highest BCUT2D eigenvalue weighted by Crippen LogP contribution is 2.30. The van der Waals surface area contributed by atoms with Crippen molar-refractivity contribution >= 4 is 23.2 Å². The van der Waals surface area contributed by atoms with E-state index in [-0.39, 0.29) is 11.8 Å². The zero-order chi connectivity index (χ0) is 14.7. The first-order chi connectivity index (χ1) is 9.49. The van der Waals surface area contributed by atoms with E-state index < -0.39 is 11.9 Å². The summed E-state index contributed by atoms with van der Waals surface area (Å²) in [5, 5.41) is 12.1. The molecule has 110 valence electrons. The normalized spacial score (nSPS) is 22.5. The van der Waals surface area contributed by atoms with E-state index >= 15 is 0 Å². The molecule has 4 nitrogen and oxygen atoms in total. The molecule has 2 N–H and O–H groups in total. The fraction of sp³-hybridized carbons (Fsp3) is 0.600. The van der Waals surface area contributed by atoms with Crippen LogP contribution in [0.15, 0.2) is 6.07 Å². The van der Waals surface area contributed by atoms with Crippen molar-refractivity contribution in [2.24, 2.45) is 11.8 Å². The molecule has 0 bridgehead atoms. The van der Waals surface area contributed by atoms with Crippen LogP contribution in [0.2, 0.25) is 0 Å². The Morgan fingerprint density at radius 1 is 1.30 bits per heavy atom. The molecule has 20 heavy (non-hydrogen) atoms. The van der Waals surface area contributed by atoms with E-state index in [1.165, 1.54) is 10.4 Å². The second-order valence-corrected chi connectivity index (χ2v) is 6.85. The Hall–Kier alpha value is -1.36. The van der Waals surface area contributed by atoms with Crippen molar-refractivity contribution in [2.45, 2.75) is 46.1 Å². The molecule has 5 heteroatoms. The minimum atomic E-state index is -0.840. The van der Waals surface area contributed by atoms with Crippen LogP contribution in [0.5, 0.6) is 0 Å². The maximum atomic E-state index is 12.2. The van der Waals surface area contributed by atoms with Gasteiger partial charge in [-0.1, -0.05) is 12.8 Å². The molecule has 0 aromatic carbocycles. The zero-order valence-corrected chi connectivity index (χ0v) is 12.8. The fourth-order valence-electron chi connectivity index (χ4n) is 2.78. The highest BCUT2D eigenvalue weighted by atomic mass is 32.1. The van der Waals surface area contributed by atoms with E-state index in [2.05, 4.69) is 25.2 Å². The molecule has 0 spiro atoms. The van der Waals surface area contributed by atoms with Crippen molar-refractivity contribution in [3.05, 3.63) is 21.4 Å². The summed E-state index contributed by atoms with van der Waals surface area (Å²) < 4.78 is 0. The first-order valence-corrected chi connectivity index (χ1v) is 7.87. The van der Waals surface area contributed by atoms with Crippen molar-refractivity contribution in [3.63, 3.8) is 0 Å². The summed E-state index contributed by atoms with van der Waals surface area (Å²) in [5.41, 5.74) is 1.24. The molecule has 2 atom stereocenters. The third-order valence-corrected chi connectivity index (χ3v) is 5.23. The van der Waals surface area contributed by atoms with Crippen LogP contribution in [-0.4, -0.2) is 17.0 Å². The van der Waals surface area contributed by atoms with Crippen LogP contribution < -0.4 is 5.32 Å². The second-order valence-electron chi connectivity index (χ2n) is 5.51. The number of carboxylic acids is 1. The SMILES string of the molecule is Cc1cc(CNC(=O)C2CCCCC2C(=O)O)sc1C. The van der Waals surface area contributed by atoms with Gasteiger partial charge in [-0.05, 0) is 38.3 Å². The molecule has 1 aromatic rings. The molecule has 1 aliphatic rings. The first-order valence-electron chi connectivity index (χ1n) is 7.05. The fourth-order valence-corrected chi connectivity index (χ4v) is 3.78. The van der Waals surface area contributed by atoms with Gasteiger partial charge in [0.2, 0.25) is 5.91 Å². The van der Waals surface area contributed by atoms with Gasteiger partial charge in [-0.15, -0.1) is 11.3 Å². The number of carbonyl (C=O) groups is 2. The maximum Gasteiger partial charge on any atom is 0.307 e. The third-order valence-electron chi connectivity index (χ3n) is 4.07. The molecule has 0 saturated heterocycles. The molecule has 1 amide bonds. The molecule has 2 unspecified atom stereocenters. The minimum Gasteiger partial charge on any atom is -0.481 e. The summed E-state index contributed by atoms with van der Waals surface area (Å²) in [6.07, 6.45) is 3.15. The third kappa shape index (κ3) is 3.39. The Labute approximate surface area is 123 Å². The number of carbonyl (C=O) groups excluding carboxylic acids is 1. The van der Waals surface area contributed by atoms with Crippen molar-refractivity contribution in [1.29, 1.82) is 0 Å². The van der Waals surface area contributed by atoms with E-state index in [4.69, 9.17) is 0 Å². The predicted molar refractivity (Wildman–Crippen MR) is 78.7 cm³/mol. The molecular weight excluding hydrogens is 274 g/mol. The molecule has 1 aliphatic carbocycles. The molecule has 0 aliphatic heterocycles. The van der Waals surface area contributed by atoms with E-state index in [1.807, 2.05) is 0 Å². The molecule has 1 fully saturated rings. The Morgan fingerprint density at radius 2 is 1.95 bits per heavy atom. The van der Waals surface area contributed by atoms with Gasteiger partial charge in [-0.2, -0.15) is 0 Å². The first kappa shape index (κ1) is 15.0. The van der Waals surface area contributed by atoms with E-state index in [9.17, 15) is 14.7 Å². The van der Waals surface area contributed by atoms with Crippen LogP contribution in [-0.2, 0) is 16.1 Å². The molecular formula is C15H21NO3S. The van der Waals surface area contributed by atoms with E-state index in [0.29, 0.717) is 19.4 Å². The summed E-state index contributed by atoms with van der Waals surface area (Å²) in [7, 11) is 0. The molecule has 0 radical (unpaired) electrons. The Bertz CT molecular complexity index is 490. The lowest BCUT2D eigenvalue weighted by molar-refractivity contribution is -0.148. The van der Waals surface area contributed by atoms with Crippen LogP contribution in [0.1, 0.15) is 41.0 Å². The standard InChI is InChI=1S/C15H21NO3S/c1-9-7-11(20-10(9)2)8-16-14(17)12-5-3-4-6-13(12)15(18)19/h7,12-13H,3-6,8H2,1-2H3,(H,16,17)(H,18,19). The largest absolute Gasteiger partial charge is 0.481 e. The molecule has 1 aromatic heterocycles. The van der Waals surface area contributed by atoms with Crippen molar-refractivity contribution in [2.75, 3.05) is 0 Å². The lowest BCUT2D eigenvalue weighted by Gasteiger charge is -2.27. The van der Waals surface area contributed by atoms with Gasteiger partial charge in [-0.3, -0.25) is 9.59 Å². The van der Waals surface area contributed by atoms with Crippen LogP contribution in [0.25, 0.3) is 0 Å². The predicted octanol–water partition coefficient (Wildman–Crippen LogP) is 2.87. The Balaban J connectivity index is 1.94. The Kier molecular flexibility index (Phi) is 4.81. The monoisotopic (exact) mass is 295 g/mol. The number of hydrogen-bond acceptors (Lipinski definition) is 3. The smallest absolute Gasteiger partial charge is 0.307 e. The van der Waals surface area contributed by atoms with Gasteiger partial charge in [0.15, 0.2) is 0 Å². The summed E-state index contributed by atoms with van der Waals surface area (Å²) in [4.78, 5) is 25.8. The number of rotatable bonds is 4. The summed E-state index contributed by atoms with van der Waals surface area (Å²) in [6.45, 7) is 4.62. The van der Waals surface area contributed by atoms with Crippen LogP contribution in [0, 0.1) is 25.7 Å². The van der Waals surface area contributed by atoms with Crippen molar-refractivity contribution < 1.29 is 14.7 Å². The van der Waals surface area contributed by atoms with Gasteiger partial charge in [0.25, 0.3) is 0 Å². The number of thiophene rings is 1. The van der Waals surface area contributed by atoms with Gasteiger partial charge < -0.3 is 10.4 Å². The number of carboxylic acid groups (broad SMARTS) is 1. The lowest BCUT2D eigenvalue weighted by Crippen LogP contribution is -2.39. The van der Waals surface area contributed by atoms with Gasteiger partial charge in [0.05, 0.1) is 18.4 Å². The van der Waals surface area contributed by atoms with Crippen molar-refractivity contribution in [3.8, 4) is 0 Å². The second kappa shape index (κ2) is 6.39. The topological polar surface area (TPSA) is 66.4 Å². The number of hydrogen-bond donors (Lipinski definition) is 2. The zero-order valence-electron chi connectivity index (χ0n) is 11.9. The summed E-state index contributed by atoms with van der Waals surface area (Å²) in [5.74, 6) is -1.84. The minimum absolute atomic E-state index is 0.110. The number of aryl methyl sites for hydroxylation is 2. The number of amides is 1. The average molecular weight is 295 g/mol. The quantitative estimate of drug-likeness (QED) is 0.897. The lowest BCUT2D eigenvalue weighted by atomic mass is 9.79. The van der Waals surface area contributed by atoms with Gasteiger partial charge >= 0.3 is 5.97 Å². The van der Waals surface area contributed by atoms with E-state index in [0.717, 1.165) is 17.7 Å². The van der Waals surface area contributed by atoms with Gasteiger partial charge in [0.1, 0.15) is 0 Å². The highest BCUT2D eigenvalue weighted by molar-refractivity contribution is 7.12. The van der Waals surface area contributed by atoms with Crippen LogP contribution in [0.4, 0.5) is 0 Å². The molecule has 1 saturated carbocycles. The number of nitrogens with one attached hydrogen (secondary N) is 1. The molecule has 2 rings (SSSR count). The summed E-state index contributed by atoms with van der Waals surface area (Å²) >= 11 is 1.68. The van der Waals surface area contributed by atoms with Crippen molar-refractivity contribution in [1.82, 2.24) is 5.32 Å². The maximum absolute atomic E-state index is 12.2. The van der Waals surface area contributed by atoms with Gasteiger partial charge in [0, 0.05) is 9.75 Å². The summed E-state index contributed by atoms with van der Waals surface area (Å²) in [6, 6.07) is 2.08. The van der Waals surface area contributed by atoms with E-state index in [1.54, 1.807) is 11.3 Å².